The van der Waals surface area contributed by atoms with E-state index in [9.17, 15) is 9.59 Å². The Balaban J connectivity index is 2.20. The van der Waals surface area contributed by atoms with Gasteiger partial charge in [-0.2, -0.15) is 0 Å². The van der Waals surface area contributed by atoms with Crippen molar-refractivity contribution in [3.05, 3.63) is 20.3 Å². The van der Waals surface area contributed by atoms with E-state index < -0.39 is 0 Å². The van der Waals surface area contributed by atoms with E-state index in [1.165, 1.54) is 13.4 Å². The zero-order valence-electron chi connectivity index (χ0n) is 10.2. The van der Waals surface area contributed by atoms with Gasteiger partial charge in [0.2, 0.25) is 0 Å². The number of ether oxygens (including phenoxy) is 1. The van der Waals surface area contributed by atoms with E-state index >= 15 is 0 Å². The van der Waals surface area contributed by atoms with Crippen LogP contribution in [0.5, 0.6) is 0 Å². The van der Waals surface area contributed by atoms with Gasteiger partial charge in [-0.15, -0.1) is 0 Å². The van der Waals surface area contributed by atoms with Crippen LogP contribution in [-0.2, 0) is 9.53 Å². The van der Waals surface area contributed by atoms with Gasteiger partial charge in [0.15, 0.2) is 0 Å². The molecule has 18 heavy (non-hydrogen) atoms. The van der Waals surface area contributed by atoms with Gasteiger partial charge in [-0.3, -0.25) is 9.59 Å². The monoisotopic (exact) mass is 365 g/mol. The smallest absolute Gasteiger partial charge is 0.305 e. The molecule has 0 saturated carbocycles. The fraction of sp³-hybridized carbons (Fsp3) is 0.545. The third kappa shape index (κ3) is 5.03. The second kappa shape index (κ2) is 8.06. The summed E-state index contributed by atoms with van der Waals surface area (Å²) in [5.41, 5.74) is -0.140. The van der Waals surface area contributed by atoms with Gasteiger partial charge >= 0.3 is 5.97 Å². The number of nitrogens with zero attached hydrogens (tertiary/aromatic N) is 1. The number of anilines is 1. The first-order chi connectivity index (χ1) is 8.65. The maximum Gasteiger partial charge on any atom is 0.305 e. The maximum atomic E-state index is 11.3. The lowest BCUT2D eigenvalue weighted by Gasteiger charge is -2.06. The Kier molecular flexibility index (Phi) is 6.69. The zero-order chi connectivity index (χ0) is 13.4. The Morgan fingerprint density at radius 2 is 2.28 bits per heavy atom. The minimum atomic E-state index is -0.172. The molecule has 1 rings (SSSR count). The first-order valence-electron chi connectivity index (χ1n) is 5.69. The molecule has 0 aromatic carbocycles. The number of methoxy groups -OCH3 is 1. The van der Waals surface area contributed by atoms with E-state index in [0.29, 0.717) is 15.8 Å². The molecule has 0 spiro atoms. The molecule has 0 fully saturated rings. The number of aromatic amines is 1. The molecule has 100 valence electrons. The van der Waals surface area contributed by atoms with Crippen molar-refractivity contribution in [3.63, 3.8) is 0 Å². The van der Waals surface area contributed by atoms with E-state index in [2.05, 4.69) is 20.0 Å². The van der Waals surface area contributed by atoms with Crippen molar-refractivity contribution in [3.8, 4) is 0 Å². The minimum absolute atomic E-state index is 0.140. The molecule has 0 aliphatic rings. The molecule has 6 nitrogen and oxygen atoms in total. The van der Waals surface area contributed by atoms with Crippen LogP contribution in [0, 0.1) is 3.57 Å². The zero-order valence-corrected chi connectivity index (χ0v) is 12.3. The quantitative estimate of drug-likeness (QED) is 0.435. The van der Waals surface area contributed by atoms with Gasteiger partial charge in [0, 0.05) is 13.0 Å². The summed E-state index contributed by atoms with van der Waals surface area (Å²) in [5, 5.41) is 3.10. The topological polar surface area (TPSA) is 84.1 Å². The first-order valence-corrected chi connectivity index (χ1v) is 6.77. The highest BCUT2D eigenvalue weighted by atomic mass is 127. The summed E-state index contributed by atoms with van der Waals surface area (Å²) in [6, 6.07) is 0. The number of carbonyl (C=O) groups excluding carboxylic acids is 1. The predicted octanol–water partition coefficient (Wildman–Crippen LogP) is 1.52. The van der Waals surface area contributed by atoms with Gasteiger partial charge in [-0.05, 0) is 35.4 Å². The number of esters is 1. The number of H-pyrrole nitrogens is 1. The van der Waals surface area contributed by atoms with E-state index in [-0.39, 0.29) is 11.5 Å². The van der Waals surface area contributed by atoms with Crippen molar-refractivity contribution in [2.24, 2.45) is 0 Å². The molecule has 7 heteroatoms. The molecule has 0 radical (unpaired) electrons. The van der Waals surface area contributed by atoms with Crippen LogP contribution in [0.3, 0.4) is 0 Å². The molecule has 1 aromatic rings. The SMILES string of the molecule is COC(=O)CCCCCNc1nc[nH]c(=O)c1I. The second-order valence-corrected chi connectivity index (χ2v) is 4.79. The first kappa shape index (κ1) is 14.9. The maximum absolute atomic E-state index is 11.3. The van der Waals surface area contributed by atoms with Gasteiger partial charge in [0.25, 0.3) is 5.56 Å². The summed E-state index contributed by atoms with van der Waals surface area (Å²) < 4.78 is 5.11. The highest BCUT2D eigenvalue weighted by Gasteiger charge is 2.04. The Morgan fingerprint density at radius 3 is 3.00 bits per heavy atom. The van der Waals surface area contributed by atoms with Crippen molar-refractivity contribution in [1.82, 2.24) is 9.97 Å². The molecule has 0 aliphatic carbocycles. The molecule has 0 unspecified atom stereocenters. The van der Waals surface area contributed by atoms with Crippen LogP contribution in [0.2, 0.25) is 0 Å². The minimum Gasteiger partial charge on any atom is -0.469 e. The molecule has 0 aliphatic heterocycles. The molecule has 0 saturated heterocycles. The standard InChI is InChI=1S/C11H16IN3O3/c1-18-8(16)5-3-2-4-6-13-10-9(12)11(17)15-7-14-10/h7H,2-6H2,1H3,(H2,13,14,15,17). The molecule has 1 aromatic heterocycles. The normalized spacial score (nSPS) is 10.1. The number of aromatic nitrogens is 2. The van der Waals surface area contributed by atoms with Gasteiger partial charge in [-0.25, -0.2) is 4.98 Å². The predicted molar refractivity (Wildman–Crippen MR) is 76.5 cm³/mol. The molecule has 0 amide bonds. The van der Waals surface area contributed by atoms with Crippen molar-refractivity contribution in [1.29, 1.82) is 0 Å². The molecular weight excluding hydrogens is 349 g/mol. The van der Waals surface area contributed by atoms with Gasteiger partial charge < -0.3 is 15.0 Å². The van der Waals surface area contributed by atoms with E-state index in [0.717, 1.165) is 25.8 Å². The summed E-state index contributed by atoms with van der Waals surface area (Å²) in [4.78, 5) is 28.7. The number of carbonyl (C=O) groups is 1. The van der Waals surface area contributed by atoms with Gasteiger partial charge in [0.1, 0.15) is 9.39 Å². The van der Waals surface area contributed by atoms with E-state index in [4.69, 9.17) is 0 Å². The summed E-state index contributed by atoms with van der Waals surface area (Å²) in [6.07, 6.45) is 4.50. The van der Waals surface area contributed by atoms with Crippen molar-refractivity contribution < 1.29 is 9.53 Å². The average Bonchev–Trinajstić information content (AvgIpc) is 2.38. The summed E-state index contributed by atoms with van der Waals surface area (Å²) in [5.74, 6) is 0.432. The molecular formula is C11H16IN3O3. The number of halogens is 1. The van der Waals surface area contributed by atoms with Crippen LogP contribution in [0.25, 0.3) is 0 Å². The van der Waals surface area contributed by atoms with Crippen LogP contribution in [-0.4, -0.2) is 29.6 Å². The highest BCUT2D eigenvalue weighted by molar-refractivity contribution is 14.1. The lowest BCUT2D eigenvalue weighted by molar-refractivity contribution is -0.140. The number of nitrogens with one attached hydrogen (secondary N) is 2. The molecule has 0 atom stereocenters. The van der Waals surface area contributed by atoms with Crippen molar-refractivity contribution in [2.45, 2.75) is 25.7 Å². The third-order valence-corrected chi connectivity index (χ3v) is 3.38. The fourth-order valence-electron chi connectivity index (χ4n) is 1.39. The largest absolute Gasteiger partial charge is 0.469 e. The summed E-state index contributed by atoms with van der Waals surface area (Å²) in [7, 11) is 1.39. The number of hydrogen-bond donors (Lipinski definition) is 2. The molecule has 0 bridgehead atoms. The number of unbranched alkanes of at least 4 members (excludes halogenated alkanes) is 2. The molecule has 2 N–H and O–H groups in total. The van der Waals surface area contributed by atoms with Crippen LogP contribution in [0.1, 0.15) is 25.7 Å². The Morgan fingerprint density at radius 1 is 1.50 bits per heavy atom. The van der Waals surface area contributed by atoms with Gasteiger partial charge in [-0.1, -0.05) is 6.42 Å². The Labute approximate surface area is 119 Å². The molecule has 1 heterocycles. The van der Waals surface area contributed by atoms with Crippen LogP contribution >= 0.6 is 22.6 Å². The van der Waals surface area contributed by atoms with Crippen LogP contribution in [0.15, 0.2) is 11.1 Å². The average molecular weight is 365 g/mol. The van der Waals surface area contributed by atoms with Crippen molar-refractivity contribution in [2.75, 3.05) is 19.0 Å². The van der Waals surface area contributed by atoms with Gasteiger partial charge in [0.05, 0.1) is 13.4 Å². The second-order valence-electron chi connectivity index (χ2n) is 3.71. The Bertz CT molecular complexity index is 447. The summed E-state index contributed by atoms with van der Waals surface area (Å²) >= 11 is 1.96. The number of rotatable bonds is 7. The summed E-state index contributed by atoms with van der Waals surface area (Å²) in [6.45, 7) is 0.730. The lowest BCUT2D eigenvalue weighted by Crippen LogP contribution is -2.15. The third-order valence-electron chi connectivity index (χ3n) is 2.37. The fourth-order valence-corrected chi connectivity index (χ4v) is 1.87. The van der Waals surface area contributed by atoms with E-state index in [1.54, 1.807) is 0 Å². The van der Waals surface area contributed by atoms with E-state index in [1.807, 2.05) is 22.6 Å². The highest BCUT2D eigenvalue weighted by Crippen LogP contribution is 2.09. The Hall–Kier alpha value is -1.12. The van der Waals surface area contributed by atoms with Crippen LogP contribution < -0.4 is 10.9 Å². The lowest BCUT2D eigenvalue weighted by atomic mass is 10.2. The van der Waals surface area contributed by atoms with Crippen molar-refractivity contribution >= 4 is 34.4 Å². The number of hydrogen-bond acceptors (Lipinski definition) is 5. The van der Waals surface area contributed by atoms with Crippen LogP contribution in [0.4, 0.5) is 5.82 Å².